The Morgan fingerprint density at radius 3 is 2.57 bits per heavy atom. The summed E-state index contributed by atoms with van der Waals surface area (Å²) in [6, 6.07) is 15.9. The van der Waals surface area contributed by atoms with Crippen LogP contribution in [0, 0.1) is 6.92 Å². The monoisotopic (exact) mass is 408 g/mol. The van der Waals surface area contributed by atoms with E-state index in [1.54, 1.807) is 24.3 Å². The van der Waals surface area contributed by atoms with Gasteiger partial charge in [-0.15, -0.1) is 0 Å². The van der Waals surface area contributed by atoms with E-state index in [1.807, 2.05) is 31.2 Å². The lowest BCUT2D eigenvalue weighted by Crippen LogP contribution is -2.32. The first-order chi connectivity index (χ1) is 14.4. The Morgan fingerprint density at radius 2 is 1.90 bits per heavy atom. The number of amides is 1. The molecular weight excluding hydrogens is 384 g/mol. The van der Waals surface area contributed by atoms with Gasteiger partial charge in [-0.1, -0.05) is 23.8 Å². The van der Waals surface area contributed by atoms with E-state index in [9.17, 15) is 14.7 Å². The molecule has 0 aliphatic heterocycles. The van der Waals surface area contributed by atoms with Crippen LogP contribution in [0.2, 0.25) is 0 Å². The largest absolute Gasteiger partial charge is 0.497 e. The fourth-order valence-corrected chi connectivity index (χ4v) is 3.13. The molecule has 0 fully saturated rings. The molecule has 1 heterocycles. The van der Waals surface area contributed by atoms with E-state index in [0.717, 1.165) is 11.1 Å². The number of carbonyl (C=O) groups excluding carboxylic acids is 1. The maximum atomic E-state index is 12.5. The molecule has 0 aliphatic rings. The number of methoxy groups -OCH3 is 2. The van der Waals surface area contributed by atoms with Crippen molar-refractivity contribution in [2.75, 3.05) is 20.8 Å². The molecule has 2 aromatic carbocycles. The summed E-state index contributed by atoms with van der Waals surface area (Å²) in [4.78, 5) is 27.6. The maximum absolute atomic E-state index is 12.5. The van der Waals surface area contributed by atoms with Crippen LogP contribution < -0.4 is 20.3 Å². The van der Waals surface area contributed by atoms with Gasteiger partial charge in [-0.25, -0.2) is 0 Å². The number of carbonyl (C=O) groups is 1. The third-order valence-corrected chi connectivity index (χ3v) is 4.74. The maximum Gasteiger partial charge on any atom is 0.261 e. The standard InChI is InChI=1S/C23H24N2O5/c1-14-5-4-6-15(11-14)19-9-8-17(23(28)25-19)22(27)24-13-20(26)18-12-16(29-2)7-10-21(18)30-3/h4-12,20,26H,13H2,1-3H3,(H,24,27)(H,25,28). The summed E-state index contributed by atoms with van der Waals surface area (Å²) in [7, 11) is 3.01. The topological polar surface area (TPSA) is 101 Å². The second-order valence-corrected chi connectivity index (χ2v) is 6.82. The molecule has 0 radical (unpaired) electrons. The first-order valence-electron chi connectivity index (χ1n) is 9.41. The van der Waals surface area contributed by atoms with Crippen molar-refractivity contribution in [2.24, 2.45) is 0 Å². The zero-order valence-electron chi connectivity index (χ0n) is 17.1. The summed E-state index contributed by atoms with van der Waals surface area (Å²) in [6.45, 7) is 1.87. The highest BCUT2D eigenvalue weighted by Crippen LogP contribution is 2.29. The van der Waals surface area contributed by atoms with Gasteiger partial charge in [-0.3, -0.25) is 9.59 Å². The van der Waals surface area contributed by atoms with Crippen LogP contribution in [0.25, 0.3) is 11.3 Å². The fourth-order valence-electron chi connectivity index (χ4n) is 3.13. The molecule has 1 aromatic heterocycles. The predicted molar refractivity (Wildman–Crippen MR) is 114 cm³/mol. The summed E-state index contributed by atoms with van der Waals surface area (Å²) in [6.07, 6.45) is -1.04. The minimum absolute atomic E-state index is 0.0313. The third kappa shape index (κ3) is 4.69. The van der Waals surface area contributed by atoms with Crippen molar-refractivity contribution in [1.82, 2.24) is 10.3 Å². The average Bonchev–Trinajstić information content (AvgIpc) is 2.76. The Kier molecular flexibility index (Phi) is 6.54. The van der Waals surface area contributed by atoms with Crippen molar-refractivity contribution < 1.29 is 19.4 Å². The second-order valence-electron chi connectivity index (χ2n) is 6.82. The van der Waals surface area contributed by atoms with E-state index in [0.29, 0.717) is 22.8 Å². The van der Waals surface area contributed by atoms with Crippen LogP contribution in [-0.4, -0.2) is 36.8 Å². The van der Waals surface area contributed by atoms with Gasteiger partial charge in [0, 0.05) is 17.8 Å². The number of pyridine rings is 1. The summed E-state index contributed by atoms with van der Waals surface area (Å²) >= 11 is 0. The van der Waals surface area contributed by atoms with Gasteiger partial charge in [0.05, 0.1) is 14.2 Å². The van der Waals surface area contributed by atoms with Crippen molar-refractivity contribution in [3.8, 4) is 22.8 Å². The molecule has 1 unspecified atom stereocenters. The molecule has 30 heavy (non-hydrogen) atoms. The predicted octanol–water partition coefficient (Wildman–Crippen LogP) is 2.83. The van der Waals surface area contributed by atoms with Crippen molar-refractivity contribution in [2.45, 2.75) is 13.0 Å². The van der Waals surface area contributed by atoms with Crippen molar-refractivity contribution in [3.05, 3.63) is 81.6 Å². The third-order valence-electron chi connectivity index (χ3n) is 4.74. The number of hydrogen-bond acceptors (Lipinski definition) is 5. The molecule has 3 rings (SSSR count). The van der Waals surface area contributed by atoms with Gasteiger partial charge in [0.25, 0.3) is 11.5 Å². The van der Waals surface area contributed by atoms with E-state index < -0.39 is 17.6 Å². The molecule has 156 valence electrons. The summed E-state index contributed by atoms with van der Waals surface area (Å²) in [5.74, 6) is 0.449. The minimum Gasteiger partial charge on any atom is -0.497 e. The summed E-state index contributed by atoms with van der Waals surface area (Å²) in [5.41, 5.74) is 2.50. The highest BCUT2D eigenvalue weighted by molar-refractivity contribution is 5.94. The number of aryl methyl sites for hydroxylation is 1. The van der Waals surface area contributed by atoms with Crippen LogP contribution in [0.3, 0.4) is 0 Å². The number of aliphatic hydroxyl groups is 1. The smallest absolute Gasteiger partial charge is 0.261 e. The Hall–Kier alpha value is -3.58. The first-order valence-corrected chi connectivity index (χ1v) is 9.41. The van der Waals surface area contributed by atoms with Crippen LogP contribution in [0.4, 0.5) is 0 Å². The van der Waals surface area contributed by atoms with Gasteiger partial charge >= 0.3 is 0 Å². The number of ether oxygens (including phenoxy) is 2. The molecule has 1 atom stereocenters. The quantitative estimate of drug-likeness (QED) is 0.558. The van der Waals surface area contributed by atoms with Crippen LogP contribution in [-0.2, 0) is 0 Å². The molecule has 3 N–H and O–H groups in total. The zero-order chi connectivity index (χ0) is 21.7. The van der Waals surface area contributed by atoms with Crippen molar-refractivity contribution >= 4 is 5.91 Å². The van der Waals surface area contributed by atoms with Gasteiger partial charge in [-0.05, 0) is 48.9 Å². The lowest BCUT2D eigenvalue weighted by molar-refractivity contribution is 0.0913. The van der Waals surface area contributed by atoms with E-state index in [-0.39, 0.29) is 12.1 Å². The molecule has 0 saturated heterocycles. The number of H-pyrrole nitrogens is 1. The second kappa shape index (κ2) is 9.28. The molecule has 0 aliphatic carbocycles. The number of aliphatic hydroxyl groups excluding tert-OH is 1. The van der Waals surface area contributed by atoms with Crippen LogP contribution >= 0.6 is 0 Å². The molecular formula is C23H24N2O5. The van der Waals surface area contributed by atoms with Crippen molar-refractivity contribution in [3.63, 3.8) is 0 Å². The lowest BCUT2D eigenvalue weighted by atomic mass is 10.1. The van der Waals surface area contributed by atoms with E-state index >= 15 is 0 Å². The SMILES string of the molecule is COc1ccc(OC)c(C(O)CNC(=O)c2ccc(-c3cccc(C)c3)[nH]c2=O)c1. The highest BCUT2D eigenvalue weighted by atomic mass is 16.5. The molecule has 3 aromatic rings. The highest BCUT2D eigenvalue weighted by Gasteiger charge is 2.17. The molecule has 0 saturated carbocycles. The Morgan fingerprint density at radius 1 is 1.10 bits per heavy atom. The lowest BCUT2D eigenvalue weighted by Gasteiger charge is -2.16. The molecule has 7 nitrogen and oxygen atoms in total. The van der Waals surface area contributed by atoms with Gasteiger partial charge in [0.15, 0.2) is 0 Å². The number of aromatic nitrogens is 1. The molecule has 0 bridgehead atoms. The van der Waals surface area contributed by atoms with E-state index in [2.05, 4.69) is 10.3 Å². The number of hydrogen-bond donors (Lipinski definition) is 3. The molecule has 0 spiro atoms. The summed E-state index contributed by atoms with van der Waals surface area (Å²) < 4.78 is 10.4. The Balaban J connectivity index is 1.73. The van der Waals surface area contributed by atoms with Gasteiger partial charge in [0.1, 0.15) is 23.2 Å². The average molecular weight is 408 g/mol. The fraction of sp³-hybridized carbons (Fsp3) is 0.217. The zero-order valence-corrected chi connectivity index (χ0v) is 17.1. The first kappa shape index (κ1) is 21.1. The van der Waals surface area contributed by atoms with Gasteiger partial charge in [-0.2, -0.15) is 0 Å². The Labute approximate surface area is 174 Å². The minimum atomic E-state index is -1.04. The number of aromatic amines is 1. The van der Waals surface area contributed by atoms with Crippen LogP contribution in [0.5, 0.6) is 11.5 Å². The molecule has 7 heteroatoms. The van der Waals surface area contributed by atoms with Gasteiger partial charge < -0.3 is 24.9 Å². The number of rotatable bonds is 7. The summed E-state index contributed by atoms with van der Waals surface area (Å²) in [5, 5.41) is 13.1. The van der Waals surface area contributed by atoms with Crippen molar-refractivity contribution in [1.29, 1.82) is 0 Å². The van der Waals surface area contributed by atoms with E-state index in [1.165, 1.54) is 20.3 Å². The Bertz CT molecular complexity index is 1110. The van der Waals surface area contributed by atoms with Gasteiger partial charge in [0.2, 0.25) is 0 Å². The van der Waals surface area contributed by atoms with Crippen LogP contribution in [0.15, 0.2) is 59.4 Å². The number of nitrogens with one attached hydrogen (secondary N) is 2. The van der Waals surface area contributed by atoms with Crippen LogP contribution in [0.1, 0.15) is 27.6 Å². The molecule has 1 amide bonds. The normalized spacial score (nSPS) is 11.6. The van der Waals surface area contributed by atoms with E-state index in [4.69, 9.17) is 9.47 Å². The number of benzene rings is 2.